The van der Waals surface area contributed by atoms with E-state index in [1.54, 1.807) is 12.1 Å². The van der Waals surface area contributed by atoms with Crippen molar-refractivity contribution in [2.75, 3.05) is 13.2 Å². The van der Waals surface area contributed by atoms with Crippen molar-refractivity contribution in [3.63, 3.8) is 0 Å². The third-order valence-corrected chi connectivity index (χ3v) is 7.05. The van der Waals surface area contributed by atoms with Gasteiger partial charge in [-0.2, -0.15) is 0 Å². The molecule has 2 aromatic carbocycles. The SMILES string of the molecule is CC(C)C[C@H](NC(=O)[C@H](Cc1ccc(F)cc1)NC(=O)OCc1ccccc1)C(=O)N[C@H](CO)C[C@@H]1CCCNC1=O. The fourth-order valence-electron chi connectivity index (χ4n) is 4.83. The maximum Gasteiger partial charge on any atom is 0.408 e. The summed E-state index contributed by atoms with van der Waals surface area (Å²) < 4.78 is 18.8. The van der Waals surface area contributed by atoms with Crippen LogP contribution in [0.5, 0.6) is 0 Å². The van der Waals surface area contributed by atoms with Crippen LogP contribution >= 0.6 is 0 Å². The smallest absolute Gasteiger partial charge is 0.408 e. The molecular weight excluding hydrogens is 543 g/mol. The topological polar surface area (TPSA) is 146 Å². The second-order valence-corrected chi connectivity index (χ2v) is 11.0. The zero-order chi connectivity index (χ0) is 30.5. The van der Waals surface area contributed by atoms with E-state index < -0.39 is 41.9 Å². The van der Waals surface area contributed by atoms with Gasteiger partial charge in [0.05, 0.1) is 12.6 Å². The lowest BCUT2D eigenvalue weighted by Crippen LogP contribution is -2.56. The second-order valence-electron chi connectivity index (χ2n) is 11.0. The van der Waals surface area contributed by atoms with Gasteiger partial charge in [0, 0.05) is 18.9 Å². The number of alkyl carbamates (subject to hydrolysis) is 1. The quantitative estimate of drug-likeness (QED) is 0.231. The molecule has 2 aromatic rings. The Morgan fingerprint density at radius 1 is 0.976 bits per heavy atom. The van der Waals surface area contributed by atoms with E-state index >= 15 is 0 Å². The number of halogens is 1. The molecule has 0 spiro atoms. The van der Waals surface area contributed by atoms with Crippen molar-refractivity contribution in [2.45, 2.75) is 70.7 Å². The number of hydrogen-bond donors (Lipinski definition) is 5. The number of carbonyl (C=O) groups excluding carboxylic acids is 4. The van der Waals surface area contributed by atoms with E-state index in [9.17, 15) is 28.7 Å². The standard InChI is InChI=1S/C31H41FN4O6/c1-20(2)15-26(29(39)34-25(18-37)17-23-9-6-14-33-28(23)38)35-30(40)27(16-21-10-12-24(32)13-11-21)36-31(41)42-19-22-7-4-3-5-8-22/h3-5,7-8,10-13,20,23,25-27,37H,6,9,14-19H2,1-2H3,(H,33,38)(H,34,39)(H,35,40)(H,36,41)/t23-,25-,26-,27-/m0/s1. The van der Waals surface area contributed by atoms with Gasteiger partial charge in [0.25, 0.3) is 0 Å². The number of carbonyl (C=O) groups is 4. The molecule has 1 heterocycles. The summed E-state index contributed by atoms with van der Waals surface area (Å²) in [6, 6.07) is 11.8. The van der Waals surface area contributed by atoms with Crippen LogP contribution in [0.15, 0.2) is 54.6 Å². The molecule has 0 aliphatic carbocycles. The van der Waals surface area contributed by atoms with E-state index in [-0.39, 0.29) is 43.8 Å². The minimum Gasteiger partial charge on any atom is -0.445 e. The Balaban J connectivity index is 1.69. The summed E-state index contributed by atoms with van der Waals surface area (Å²) >= 11 is 0. The molecular formula is C31H41FN4O6. The van der Waals surface area contributed by atoms with Gasteiger partial charge >= 0.3 is 6.09 Å². The highest BCUT2D eigenvalue weighted by Crippen LogP contribution is 2.18. The zero-order valence-electron chi connectivity index (χ0n) is 24.1. The lowest BCUT2D eigenvalue weighted by Gasteiger charge is -2.28. The molecule has 0 radical (unpaired) electrons. The van der Waals surface area contributed by atoms with Crippen LogP contribution in [0.2, 0.25) is 0 Å². The monoisotopic (exact) mass is 584 g/mol. The Kier molecular flexibility index (Phi) is 12.7. The molecule has 5 N–H and O–H groups in total. The van der Waals surface area contributed by atoms with E-state index in [1.807, 2.05) is 32.0 Å². The Hall–Kier alpha value is -3.99. The Morgan fingerprint density at radius 2 is 1.67 bits per heavy atom. The fourth-order valence-corrected chi connectivity index (χ4v) is 4.83. The first kappa shape index (κ1) is 32.5. The molecule has 1 fully saturated rings. The largest absolute Gasteiger partial charge is 0.445 e. The molecule has 4 atom stereocenters. The molecule has 3 rings (SSSR count). The van der Waals surface area contributed by atoms with Crippen LogP contribution in [-0.2, 0) is 32.1 Å². The molecule has 1 saturated heterocycles. The molecule has 42 heavy (non-hydrogen) atoms. The summed E-state index contributed by atoms with van der Waals surface area (Å²) in [6.45, 7) is 4.05. The Bertz CT molecular complexity index is 1180. The molecule has 4 amide bonds. The van der Waals surface area contributed by atoms with Crippen molar-refractivity contribution >= 4 is 23.8 Å². The van der Waals surface area contributed by atoms with Crippen LogP contribution in [0.4, 0.5) is 9.18 Å². The highest BCUT2D eigenvalue weighted by Gasteiger charge is 2.31. The normalized spacial score (nSPS) is 17.0. The lowest BCUT2D eigenvalue weighted by atomic mass is 9.91. The van der Waals surface area contributed by atoms with Crippen LogP contribution in [0.25, 0.3) is 0 Å². The maximum atomic E-state index is 13.5. The van der Waals surface area contributed by atoms with Gasteiger partial charge in [0.15, 0.2) is 0 Å². The van der Waals surface area contributed by atoms with Crippen LogP contribution in [0.1, 0.15) is 50.7 Å². The first-order valence-electron chi connectivity index (χ1n) is 14.4. The Morgan fingerprint density at radius 3 is 2.31 bits per heavy atom. The maximum absolute atomic E-state index is 13.5. The van der Waals surface area contributed by atoms with Crippen molar-refractivity contribution < 1.29 is 33.4 Å². The third kappa shape index (κ3) is 10.8. The second kappa shape index (κ2) is 16.5. The predicted molar refractivity (Wildman–Crippen MR) is 154 cm³/mol. The summed E-state index contributed by atoms with van der Waals surface area (Å²) in [7, 11) is 0. The Labute approximate surface area is 245 Å². The number of amides is 4. The van der Waals surface area contributed by atoms with Crippen LogP contribution in [0, 0.1) is 17.7 Å². The zero-order valence-corrected chi connectivity index (χ0v) is 24.1. The van der Waals surface area contributed by atoms with Crippen LogP contribution in [-0.4, -0.2) is 60.2 Å². The average molecular weight is 585 g/mol. The van der Waals surface area contributed by atoms with Gasteiger partial charge in [-0.15, -0.1) is 0 Å². The first-order valence-corrected chi connectivity index (χ1v) is 14.4. The van der Waals surface area contributed by atoms with Crippen molar-refractivity contribution in [2.24, 2.45) is 11.8 Å². The van der Waals surface area contributed by atoms with E-state index in [0.717, 1.165) is 12.0 Å². The molecule has 0 unspecified atom stereocenters. The highest BCUT2D eigenvalue weighted by molar-refractivity contribution is 5.91. The van der Waals surface area contributed by atoms with E-state index in [1.165, 1.54) is 24.3 Å². The number of rotatable bonds is 14. The lowest BCUT2D eigenvalue weighted by molar-refractivity contribution is -0.131. The molecule has 228 valence electrons. The molecule has 11 heteroatoms. The average Bonchev–Trinajstić information content (AvgIpc) is 2.97. The van der Waals surface area contributed by atoms with Crippen molar-refractivity contribution in [1.29, 1.82) is 0 Å². The van der Waals surface area contributed by atoms with Crippen LogP contribution in [0.3, 0.4) is 0 Å². The summed E-state index contributed by atoms with van der Waals surface area (Å²) in [5, 5.41) is 20.8. The van der Waals surface area contributed by atoms with Crippen molar-refractivity contribution in [3.05, 3.63) is 71.5 Å². The van der Waals surface area contributed by atoms with Gasteiger partial charge in [-0.1, -0.05) is 56.3 Å². The van der Waals surface area contributed by atoms with Gasteiger partial charge in [-0.25, -0.2) is 9.18 Å². The molecule has 0 aromatic heterocycles. The van der Waals surface area contributed by atoms with Crippen molar-refractivity contribution in [1.82, 2.24) is 21.3 Å². The number of aliphatic hydroxyl groups excluding tert-OH is 1. The number of aliphatic hydroxyl groups is 1. The molecule has 1 aliphatic rings. The first-order chi connectivity index (χ1) is 20.1. The summed E-state index contributed by atoms with van der Waals surface area (Å²) in [5.41, 5.74) is 1.36. The molecule has 0 bridgehead atoms. The molecule has 10 nitrogen and oxygen atoms in total. The number of piperidine rings is 1. The molecule has 0 saturated carbocycles. The summed E-state index contributed by atoms with van der Waals surface area (Å²) in [4.78, 5) is 51.7. The number of hydrogen-bond acceptors (Lipinski definition) is 6. The van der Waals surface area contributed by atoms with Gasteiger partial charge < -0.3 is 31.1 Å². The van der Waals surface area contributed by atoms with E-state index in [0.29, 0.717) is 24.9 Å². The minimum atomic E-state index is -1.12. The predicted octanol–water partition coefficient (Wildman–Crippen LogP) is 2.59. The van der Waals surface area contributed by atoms with E-state index in [2.05, 4.69) is 21.3 Å². The van der Waals surface area contributed by atoms with Gasteiger partial charge in [-0.05, 0) is 54.9 Å². The summed E-state index contributed by atoms with van der Waals surface area (Å²) in [5.74, 6) is -1.95. The van der Waals surface area contributed by atoms with Gasteiger partial charge in [0.2, 0.25) is 17.7 Å². The fraction of sp³-hybridized carbons (Fsp3) is 0.484. The minimum absolute atomic E-state index is 0.00247. The van der Waals surface area contributed by atoms with Crippen LogP contribution < -0.4 is 21.3 Å². The molecule has 1 aliphatic heterocycles. The number of ether oxygens (including phenoxy) is 1. The third-order valence-electron chi connectivity index (χ3n) is 7.05. The van der Waals surface area contributed by atoms with Gasteiger partial charge in [0.1, 0.15) is 24.5 Å². The number of nitrogens with one attached hydrogen (secondary N) is 4. The number of benzene rings is 2. The van der Waals surface area contributed by atoms with Gasteiger partial charge in [-0.3, -0.25) is 14.4 Å². The van der Waals surface area contributed by atoms with E-state index in [4.69, 9.17) is 4.74 Å². The summed E-state index contributed by atoms with van der Waals surface area (Å²) in [6.07, 6.45) is 1.27. The van der Waals surface area contributed by atoms with Crippen molar-refractivity contribution in [3.8, 4) is 0 Å². The highest BCUT2D eigenvalue weighted by atomic mass is 19.1.